The van der Waals surface area contributed by atoms with Crippen LogP contribution in [0.5, 0.6) is 5.75 Å². The molecule has 0 aliphatic rings. The Labute approximate surface area is 199 Å². The van der Waals surface area contributed by atoms with E-state index in [0.29, 0.717) is 39.9 Å². The van der Waals surface area contributed by atoms with E-state index < -0.39 is 23.6 Å². The van der Waals surface area contributed by atoms with E-state index in [-0.39, 0.29) is 12.5 Å². The lowest BCUT2D eigenvalue weighted by molar-refractivity contribution is -0.139. The number of benzene rings is 3. The summed E-state index contributed by atoms with van der Waals surface area (Å²) in [5.41, 5.74) is 3.01. The first-order valence-corrected chi connectivity index (χ1v) is 11.0. The summed E-state index contributed by atoms with van der Waals surface area (Å²) in [5.74, 6) is -1.14. The van der Waals surface area contributed by atoms with Crippen LogP contribution in [0.25, 0.3) is 22.2 Å². The third-order valence-corrected chi connectivity index (χ3v) is 5.61. The van der Waals surface area contributed by atoms with Crippen molar-refractivity contribution in [2.45, 2.75) is 39.0 Å². The molecule has 1 N–H and O–H groups in total. The number of ether oxygens (including phenoxy) is 1. The van der Waals surface area contributed by atoms with Gasteiger partial charge in [-0.05, 0) is 81.3 Å². The van der Waals surface area contributed by atoms with E-state index in [1.54, 1.807) is 30.3 Å². The summed E-state index contributed by atoms with van der Waals surface area (Å²) in [6, 6.07) is 15.3. The molecule has 0 bridgehead atoms. The molecule has 0 saturated heterocycles. The molecular formula is C26H23F3N2O4. The number of hydrogen-bond donors (Lipinski definition) is 1. The molecule has 1 unspecified atom stereocenters. The third kappa shape index (κ3) is 5.79. The molecule has 3 aromatic carbocycles. The normalized spacial score (nSPS) is 12.7. The summed E-state index contributed by atoms with van der Waals surface area (Å²) in [6.07, 6.45) is -3.98. The Bertz CT molecular complexity index is 1330. The molecule has 0 aliphatic carbocycles. The quantitative estimate of drug-likeness (QED) is 0.299. The van der Waals surface area contributed by atoms with Crippen LogP contribution in [0.1, 0.15) is 42.9 Å². The molecule has 4 aromatic rings. The second-order valence-corrected chi connectivity index (χ2v) is 8.76. The van der Waals surface area contributed by atoms with Crippen LogP contribution in [0, 0.1) is 5.92 Å². The number of carbonyl (C=O) groups is 1. The number of carboxylic acid groups (broad SMARTS) is 1. The van der Waals surface area contributed by atoms with Gasteiger partial charge in [0.05, 0.1) is 11.5 Å². The Morgan fingerprint density at radius 1 is 0.971 bits per heavy atom. The highest BCUT2D eigenvalue weighted by molar-refractivity contribution is 5.82. The first-order valence-electron chi connectivity index (χ1n) is 11.0. The van der Waals surface area contributed by atoms with Gasteiger partial charge in [-0.1, -0.05) is 38.1 Å². The van der Waals surface area contributed by atoms with Crippen LogP contribution in [-0.4, -0.2) is 21.4 Å². The van der Waals surface area contributed by atoms with E-state index in [9.17, 15) is 23.1 Å². The van der Waals surface area contributed by atoms with Gasteiger partial charge in [0.1, 0.15) is 23.4 Å². The van der Waals surface area contributed by atoms with E-state index in [0.717, 1.165) is 17.7 Å². The highest BCUT2D eigenvalue weighted by Crippen LogP contribution is 2.34. The van der Waals surface area contributed by atoms with Gasteiger partial charge in [-0.15, -0.1) is 0 Å². The van der Waals surface area contributed by atoms with Gasteiger partial charge in [-0.3, -0.25) is 4.79 Å². The first kappa shape index (κ1) is 24.3. The Morgan fingerprint density at radius 2 is 1.69 bits per heavy atom. The summed E-state index contributed by atoms with van der Waals surface area (Å²) in [7, 11) is 0. The molecule has 0 radical (unpaired) electrons. The van der Waals surface area contributed by atoms with Crippen molar-refractivity contribution in [3.05, 3.63) is 77.4 Å². The second kappa shape index (κ2) is 9.77. The zero-order chi connectivity index (χ0) is 25.2. The monoisotopic (exact) mass is 484 g/mol. The highest BCUT2D eigenvalue weighted by Gasteiger charge is 2.30. The molecule has 0 aliphatic heterocycles. The predicted molar refractivity (Wildman–Crippen MR) is 123 cm³/mol. The zero-order valence-electron chi connectivity index (χ0n) is 19.0. The fourth-order valence-electron chi connectivity index (χ4n) is 3.84. The summed E-state index contributed by atoms with van der Waals surface area (Å²) >= 11 is 0. The standard InChI is InChI=1S/C26H23F3N2O4/c1-15(2)9-22(25(32)33)19-10-18(17-5-8-23-24(13-17)31-35-30-23)11-21(12-19)34-14-16-3-6-20(7-4-16)26(27,28)29/h3-8,10-13,15,22H,9,14H2,1-2H3,(H,32,33). The van der Waals surface area contributed by atoms with Crippen molar-refractivity contribution in [2.75, 3.05) is 0 Å². The van der Waals surface area contributed by atoms with Gasteiger partial charge in [0.15, 0.2) is 0 Å². The molecular weight excluding hydrogens is 461 g/mol. The van der Waals surface area contributed by atoms with Gasteiger partial charge < -0.3 is 9.84 Å². The largest absolute Gasteiger partial charge is 0.489 e. The number of carboxylic acids is 1. The van der Waals surface area contributed by atoms with Crippen LogP contribution < -0.4 is 4.74 Å². The van der Waals surface area contributed by atoms with E-state index in [4.69, 9.17) is 9.37 Å². The lowest BCUT2D eigenvalue weighted by Gasteiger charge is -2.18. The first-order chi connectivity index (χ1) is 16.6. The van der Waals surface area contributed by atoms with Gasteiger partial charge in [-0.25, -0.2) is 4.63 Å². The Morgan fingerprint density at radius 3 is 2.34 bits per heavy atom. The molecule has 1 atom stereocenters. The minimum Gasteiger partial charge on any atom is -0.489 e. The molecule has 9 heteroatoms. The molecule has 0 amide bonds. The maximum atomic E-state index is 12.8. The second-order valence-electron chi connectivity index (χ2n) is 8.76. The maximum absolute atomic E-state index is 12.8. The van der Waals surface area contributed by atoms with Crippen molar-refractivity contribution in [2.24, 2.45) is 5.92 Å². The molecule has 4 rings (SSSR count). The summed E-state index contributed by atoms with van der Waals surface area (Å²) in [5, 5.41) is 17.5. The smallest absolute Gasteiger partial charge is 0.416 e. The van der Waals surface area contributed by atoms with Crippen molar-refractivity contribution in [1.29, 1.82) is 0 Å². The van der Waals surface area contributed by atoms with Gasteiger partial charge in [0, 0.05) is 0 Å². The number of rotatable bonds is 8. The summed E-state index contributed by atoms with van der Waals surface area (Å²) < 4.78 is 49.2. The van der Waals surface area contributed by atoms with Crippen molar-refractivity contribution in [3.8, 4) is 16.9 Å². The van der Waals surface area contributed by atoms with Crippen LogP contribution in [0.4, 0.5) is 13.2 Å². The maximum Gasteiger partial charge on any atom is 0.416 e. The minimum absolute atomic E-state index is 0.0230. The number of halogens is 3. The molecule has 35 heavy (non-hydrogen) atoms. The Kier molecular flexibility index (Phi) is 6.77. The zero-order valence-corrected chi connectivity index (χ0v) is 19.0. The fourth-order valence-corrected chi connectivity index (χ4v) is 3.84. The molecule has 0 fully saturated rings. The summed E-state index contributed by atoms with van der Waals surface area (Å²) in [4.78, 5) is 12.1. The van der Waals surface area contributed by atoms with Crippen LogP contribution in [0.2, 0.25) is 0 Å². The predicted octanol–water partition coefficient (Wildman–Crippen LogP) is 6.70. The fraction of sp³-hybridized carbons (Fsp3) is 0.269. The molecule has 0 saturated carbocycles. The van der Waals surface area contributed by atoms with Crippen LogP contribution >= 0.6 is 0 Å². The molecule has 6 nitrogen and oxygen atoms in total. The van der Waals surface area contributed by atoms with Gasteiger partial charge in [0.2, 0.25) is 0 Å². The van der Waals surface area contributed by atoms with E-state index >= 15 is 0 Å². The van der Waals surface area contributed by atoms with Crippen LogP contribution in [-0.2, 0) is 17.6 Å². The van der Waals surface area contributed by atoms with E-state index in [1.165, 1.54) is 12.1 Å². The summed E-state index contributed by atoms with van der Waals surface area (Å²) in [6.45, 7) is 3.93. The van der Waals surface area contributed by atoms with Gasteiger partial charge in [0.25, 0.3) is 0 Å². The molecule has 1 heterocycles. The van der Waals surface area contributed by atoms with Crippen molar-refractivity contribution in [1.82, 2.24) is 10.3 Å². The highest BCUT2D eigenvalue weighted by atomic mass is 19.4. The molecule has 1 aromatic heterocycles. The molecule has 182 valence electrons. The lowest BCUT2D eigenvalue weighted by atomic mass is 9.88. The average molecular weight is 484 g/mol. The number of fused-ring (bicyclic) bond motifs is 1. The van der Waals surface area contributed by atoms with Crippen LogP contribution in [0.3, 0.4) is 0 Å². The van der Waals surface area contributed by atoms with Crippen molar-refractivity contribution < 1.29 is 32.4 Å². The SMILES string of the molecule is CC(C)CC(C(=O)O)c1cc(OCc2ccc(C(F)(F)F)cc2)cc(-c2ccc3nonc3c2)c1. The van der Waals surface area contributed by atoms with Crippen molar-refractivity contribution in [3.63, 3.8) is 0 Å². The number of aromatic nitrogens is 2. The topological polar surface area (TPSA) is 85.5 Å². The Hall–Kier alpha value is -3.88. The van der Waals surface area contributed by atoms with Gasteiger partial charge in [-0.2, -0.15) is 13.2 Å². The number of hydrogen-bond acceptors (Lipinski definition) is 5. The number of alkyl halides is 3. The average Bonchev–Trinajstić information content (AvgIpc) is 3.28. The molecule has 0 spiro atoms. The van der Waals surface area contributed by atoms with E-state index in [2.05, 4.69) is 10.3 Å². The Balaban J connectivity index is 1.68. The minimum atomic E-state index is -4.41. The third-order valence-electron chi connectivity index (χ3n) is 5.61. The van der Waals surface area contributed by atoms with E-state index in [1.807, 2.05) is 19.9 Å². The number of nitrogens with zero attached hydrogens (tertiary/aromatic N) is 2. The van der Waals surface area contributed by atoms with Crippen molar-refractivity contribution >= 4 is 17.0 Å². The van der Waals surface area contributed by atoms with Gasteiger partial charge >= 0.3 is 12.1 Å². The van der Waals surface area contributed by atoms with Crippen LogP contribution in [0.15, 0.2) is 65.3 Å². The lowest BCUT2D eigenvalue weighted by Crippen LogP contribution is -2.14. The number of aliphatic carboxylic acids is 1.